The van der Waals surface area contributed by atoms with Crippen LogP contribution in [0.15, 0.2) is 0 Å². The SMILES string of the molecule is COC(=O)CC[C@@H](C)[C@H]1CC[C@H]2[C@@H]3CC(=O)[C@H]4C[C@H](O)[C@H](O)C[C@]4(C)[C@H]3CC[C@]12C. The number of esters is 1. The average molecular weight is 421 g/mol. The molecule has 0 saturated heterocycles. The quantitative estimate of drug-likeness (QED) is 0.677. The molecule has 0 radical (unpaired) electrons. The summed E-state index contributed by atoms with van der Waals surface area (Å²) < 4.78 is 4.84. The molecular formula is C25H40O5. The van der Waals surface area contributed by atoms with Crippen LogP contribution in [-0.4, -0.2) is 41.3 Å². The summed E-state index contributed by atoms with van der Waals surface area (Å²) in [6.45, 7) is 6.95. The van der Waals surface area contributed by atoms with E-state index in [-0.39, 0.29) is 22.7 Å². The third-order valence-electron chi connectivity index (χ3n) is 10.3. The molecule has 10 atom stereocenters. The third-order valence-corrected chi connectivity index (χ3v) is 10.3. The van der Waals surface area contributed by atoms with Gasteiger partial charge in [-0.05, 0) is 85.4 Å². The maximum atomic E-state index is 13.2. The van der Waals surface area contributed by atoms with Crippen LogP contribution in [0.5, 0.6) is 0 Å². The van der Waals surface area contributed by atoms with E-state index in [1.807, 2.05) is 0 Å². The van der Waals surface area contributed by atoms with Gasteiger partial charge in [0.1, 0.15) is 5.78 Å². The van der Waals surface area contributed by atoms with Crippen molar-refractivity contribution >= 4 is 11.8 Å². The van der Waals surface area contributed by atoms with Gasteiger partial charge in [-0.25, -0.2) is 0 Å². The van der Waals surface area contributed by atoms with Gasteiger partial charge in [0.05, 0.1) is 19.3 Å². The summed E-state index contributed by atoms with van der Waals surface area (Å²) in [5.74, 6) is 2.57. The van der Waals surface area contributed by atoms with Crippen LogP contribution in [-0.2, 0) is 14.3 Å². The molecule has 0 spiro atoms. The molecule has 0 aromatic heterocycles. The Kier molecular flexibility index (Phi) is 5.85. The summed E-state index contributed by atoms with van der Waals surface area (Å²) in [4.78, 5) is 24.9. The summed E-state index contributed by atoms with van der Waals surface area (Å²) >= 11 is 0. The first kappa shape index (κ1) is 22.3. The lowest BCUT2D eigenvalue weighted by Crippen LogP contribution is -2.59. The Morgan fingerprint density at radius 2 is 1.83 bits per heavy atom. The molecule has 0 aliphatic heterocycles. The lowest BCUT2D eigenvalue weighted by Gasteiger charge is -2.61. The predicted molar refractivity (Wildman–Crippen MR) is 113 cm³/mol. The van der Waals surface area contributed by atoms with Crippen molar-refractivity contribution in [2.24, 2.45) is 46.3 Å². The van der Waals surface area contributed by atoms with Crippen LogP contribution < -0.4 is 0 Å². The van der Waals surface area contributed by atoms with E-state index in [0.29, 0.717) is 61.1 Å². The normalized spacial score (nSPS) is 49.0. The maximum Gasteiger partial charge on any atom is 0.305 e. The lowest BCUT2D eigenvalue weighted by atomic mass is 9.44. The molecular weight excluding hydrogens is 380 g/mol. The first-order valence-corrected chi connectivity index (χ1v) is 12.1. The second kappa shape index (κ2) is 7.88. The summed E-state index contributed by atoms with van der Waals surface area (Å²) in [7, 11) is 1.45. The zero-order valence-corrected chi connectivity index (χ0v) is 19.1. The number of hydrogen-bond acceptors (Lipinski definition) is 5. The van der Waals surface area contributed by atoms with Crippen LogP contribution in [0, 0.1) is 46.3 Å². The monoisotopic (exact) mass is 420 g/mol. The van der Waals surface area contributed by atoms with Crippen molar-refractivity contribution in [2.75, 3.05) is 7.11 Å². The van der Waals surface area contributed by atoms with Gasteiger partial charge in [0.15, 0.2) is 0 Å². The number of rotatable bonds is 4. The van der Waals surface area contributed by atoms with Gasteiger partial charge in [0.25, 0.3) is 0 Å². The molecule has 0 amide bonds. The minimum Gasteiger partial charge on any atom is -0.469 e. The number of hydrogen-bond donors (Lipinski definition) is 2. The predicted octanol–water partition coefficient (Wildman–Crippen LogP) is 3.75. The van der Waals surface area contributed by atoms with Crippen molar-refractivity contribution in [1.82, 2.24) is 0 Å². The first-order valence-electron chi connectivity index (χ1n) is 12.1. The molecule has 0 heterocycles. The second-order valence-electron chi connectivity index (χ2n) is 11.5. The van der Waals surface area contributed by atoms with Crippen LogP contribution in [0.25, 0.3) is 0 Å². The lowest BCUT2D eigenvalue weighted by molar-refractivity contribution is -0.173. The number of fused-ring (bicyclic) bond motifs is 5. The number of ether oxygens (including phenoxy) is 1. The van der Waals surface area contributed by atoms with Gasteiger partial charge in [0, 0.05) is 18.8 Å². The zero-order chi connectivity index (χ0) is 21.8. The molecule has 4 aliphatic rings. The Hall–Kier alpha value is -0.940. The molecule has 5 nitrogen and oxygen atoms in total. The van der Waals surface area contributed by atoms with E-state index < -0.39 is 12.2 Å². The van der Waals surface area contributed by atoms with Crippen LogP contribution >= 0.6 is 0 Å². The van der Waals surface area contributed by atoms with E-state index in [0.717, 1.165) is 12.8 Å². The Morgan fingerprint density at radius 1 is 1.13 bits per heavy atom. The van der Waals surface area contributed by atoms with Crippen LogP contribution in [0.2, 0.25) is 0 Å². The highest BCUT2D eigenvalue weighted by atomic mass is 16.5. The average Bonchev–Trinajstić information content (AvgIpc) is 3.05. The van der Waals surface area contributed by atoms with Gasteiger partial charge < -0.3 is 14.9 Å². The highest BCUT2D eigenvalue weighted by Gasteiger charge is 2.63. The van der Waals surface area contributed by atoms with E-state index >= 15 is 0 Å². The minimum absolute atomic E-state index is 0.0994. The molecule has 5 heteroatoms. The fraction of sp³-hybridized carbons (Fsp3) is 0.920. The molecule has 4 rings (SSSR count). The number of methoxy groups -OCH3 is 1. The Balaban J connectivity index is 1.54. The molecule has 0 aromatic rings. The van der Waals surface area contributed by atoms with Crippen molar-refractivity contribution in [2.45, 2.75) is 90.8 Å². The zero-order valence-electron chi connectivity index (χ0n) is 19.1. The van der Waals surface area contributed by atoms with E-state index in [9.17, 15) is 19.8 Å². The highest BCUT2D eigenvalue weighted by Crippen LogP contribution is 2.67. The summed E-state index contributed by atoms with van der Waals surface area (Å²) in [6, 6.07) is 0. The van der Waals surface area contributed by atoms with Crippen molar-refractivity contribution in [3.63, 3.8) is 0 Å². The van der Waals surface area contributed by atoms with Crippen molar-refractivity contribution in [3.8, 4) is 0 Å². The number of carbonyl (C=O) groups excluding carboxylic acids is 2. The molecule has 2 N–H and O–H groups in total. The number of aliphatic hydroxyl groups excluding tert-OH is 2. The Morgan fingerprint density at radius 3 is 2.53 bits per heavy atom. The van der Waals surface area contributed by atoms with E-state index in [1.165, 1.54) is 26.4 Å². The van der Waals surface area contributed by atoms with Crippen LogP contribution in [0.4, 0.5) is 0 Å². The minimum atomic E-state index is -0.760. The maximum absolute atomic E-state index is 13.2. The Bertz CT molecular complexity index is 691. The molecule has 0 bridgehead atoms. The molecule has 0 unspecified atom stereocenters. The number of ketones is 1. The van der Waals surface area contributed by atoms with Crippen molar-refractivity contribution in [3.05, 3.63) is 0 Å². The van der Waals surface area contributed by atoms with E-state index in [1.54, 1.807) is 0 Å². The van der Waals surface area contributed by atoms with Gasteiger partial charge in [-0.15, -0.1) is 0 Å². The fourth-order valence-electron chi connectivity index (χ4n) is 8.70. The molecule has 4 saturated carbocycles. The van der Waals surface area contributed by atoms with Crippen LogP contribution in [0.1, 0.15) is 78.6 Å². The van der Waals surface area contributed by atoms with E-state index in [4.69, 9.17) is 4.74 Å². The summed E-state index contributed by atoms with van der Waals surface area (Å²) in [5, 5.41) is 20.6. The van der Waals surface area contributed by atoms with Gasteiger partial charge in [-0.2, -0.15) is 0 Å². The van der Waals surface area contributed by atoms with Gasteiger partial charge in [0.2, 0.25) is 0 Å². The Labute approximate surface area is 180 Å². The number of carbonyl (C=O) groups is 2. The topological polar surface area (TPSA) is 83.8 Å². The van der Waals surface area contributed by atoms with Gasteiger partial charge in [-0.1, -0.05) is 20.8 Å². The molecule has 170 valence electrons. The molecule has 4 aliphatic carbocycles. The van der Waals surface area contributed by atoms with Gasteiger partial charge >= 0.3 is 5.97 Å². The highest BCUT2D eigenvalue weighted by molar-refractivity contribution is 5.83. The molecule has 30 heavy (non-hydrogen) atoms. The van der Waals surface area contributed by atoms with Crippen molar-refractivity contribution in [1.29, 1.82) is 0 Å². The number of Topliss-reactive ketones (excluding diaryl/α,β-unsaturated/α-hetero) is 1. The third kappa shape index (κ3) is 3.35. The second-order valence-corrected chi connectivity index (χ2v) is 11.5. The number of aliphatic hydroxyl groups is 2. The van der Waals surface area contributed by atoms with Crippen molar-refractivity contribution < 1.29 is 24.5 Å². The summed E-state index contributed by atoms with van der Waals surface area (Å²) in [6.07, 6.45) is 6.15. The fourth-order valence-corrected chi connectivity index (χ4v) is 8.70. The van der Waals surface area contributed by atoms with Crippen LogP contribution in [0.3, 0.4) is 0 Å². The standard InChI is InChI=1S/C25H40O5/c1-14(5-8-23(29)30-4)16-6-7-17-15-11-20(26)19-12-21(27)22(28)13-25(19,3)18(15)9-10-24(16,17)2/h14-19,21-22,27-28H,5-13H2,1-4H3/t14-,15+,16-,17+,18+,19-,21+,22-,24-,25-/m1/s1. The van der Waals surface area contributed by atoms with Gasteiger partial charge in [-0.3, -0.25) is 9.59 Å². The largest absolute Gasteiger partial charge is 0.469 e. The summed E-state index contributed by atoms with van der Waals surface area (Å²) in [5.41, 5.74) is 0.0432. The van der Waals surface area contributed by atoms with E-state index in [2.05, 4.69) is 20.8 Å². The molecule has 0 aromatic carbocycles. The molecule has 4 fully saturated rings. The smallest absolute Gasteiger partial charge is 0.305 e. The first-order chi connectivity index (χ1) is 14.1.